The van der Waals surface area contributed by atoms with Crippen molar-refractivity contribution in [3.05, 3.63) is 53.5 Å². The number of carbonyl (C=O) groups excluding carboxylic acids is 1. The molecule has 1 aromatic carbocycles. The number of rotatable bonds is 3. The lowest BCUT2D eigenvalue weighted by Gasteiger charge is -2.19. The average molecular weight is 306 g/mol. The summed E-state index contributed by atoms with van der Waals surface area (Å²) in [5.74, 6) is -1.16. The number of nitrogens with zero attached hydrogens (tertiary/aromatic N) is 1. The molecule has 3 rings (SSSR count). The van der Waals surface area contributed by atoms with Gasteiger partial charge in [-0.15, -0.1) is 0 Å². The van der Waals surface area contributed by atoms with Crippen LogP contribution in [-0.4, -0.2) is 25.0 Å². The number of benzene rings is 1. The van der Waals surface area contributed by atoms with Crippen molar-refractivity contribution >= 4 is 11.6 Å². The Balaban J connectivity index is 1.65. The van der Waals surface area contributed by atoms with E-state index in [-0.39, 0.29) is 11.9 Å². The summed E-state index contributed by atoms with van der Waals surface area (Å²) in [6.07, 6.45) is 2.17. The molecule has 0 saturated carbocycles. The van der Waals surface area contributed by atoms with Crippen molar-refractivity contribution in [2.75, 3.05) is 18.0 Å². The van der Waals surface area contributed by atoms with Gasteiger partial charge in [-0.05, 0) is 31.5 Å². The molecule has 0 spiro atoms. The van der Waals surface area contributed by atoms with E-state index >= 15 is 0 Å². The molecule has 1 fully saturated rings. The van der Waals surface area contributed by atoms with Gasteiger partial charge in [0.05, 0.1) is 12.0 Å². The number of hydrogen-bond donors (Lipinski definition) is 1. The van der Waals surface area contributed by atoms with Gasteiger partial charge in [-0.25, -0.2) is 8.78 Å². The zero-order chi connectivity index (χ0) is 15.7. The zero-order valence-electron chi connectivity index (χ0n) is 12.1. The highest BCUT2D eigenvalue weighted by Crippen LogP contribution is 2.24. The Morgan fingerprint density at radius 1 is 1.36 bits per heavy atom. The molecule has 0 radical (unpaired) electrons. The van der Waals surface area contributed by atoms with E-state index in [0.29, 0.717) is 31.0 Å². The first-order valence-corrected chi connectivity index (χ1v) is 7.09. The number of anilines is 1. The normalized spacial score (nSPS) is 17.8. The minimum Gasteiger partial charge on any atom is -0.459 e. The molecule has 1 atom stereocenters. The third-order valence-corrected chi connectivity index (χ3v) is 3.84. The third-order valence-electron chi connectivity index (χ3n) is 3.84. The second kappa shape index (κ2) is 5.79. The summed E-state index contributed by atoms with van der Waals surface area (Å²) >= 11 is 0. The highest BCUT2D eigenvalue weighted by molar-refractivity contribution is 5.93. The van der Waals surface area contributed by atoms with E-state index in [1.807, 2.05) is 0 Å². The maximum absolute atomic E-state index is 13.8. The number of amides is 1. The maximum Gasteiger partial charge on any atom is 0.287 e. The van der Waals surface area contributed by atoms with Crippen molar-refractivity contribution in [3.63, 3.8) is 0 Å². The van der Waals surface area contributed by atoms with Gasteiger partial charge in [-0.3, -0.25) is 4.79 Å². The molecular weight excluding hydrogens is 290 g/mol. The van der Waals surface area contributed by atoms with Crippen LogP contribution in [0.1, 0.15) is 22.5 Å². The summed E-state index contributed by atoms with van der Waals surface area (Å²) in [5.41, 5.74) is 1.13. The molecule has 6 heteroatoms. The Bertz CT molecular complexity index is 699. The van der Waals surface area contributed by atoms with E-state index in [1.54, 1.807) is 17.9 Å². The molecule has 2 aromatic rings. The van der Waals surface area contributed by atoms with E-state index in [1.165, 1.54) is 18.4 Å². The predicted octanol–water partition coefficient (Wildman–Crippen LogP) is 2.87. The lowest BCUT2D eigenvalue weighted by Crippen LogP contribution is -2.37. The third kappa shape index (κ3) is 2.81. The number of halogens is 2. The van der Waals surface area contributed by atoms with Crippen molar-refractivity contribution in [1.29, 1.82) is 0 Å². The van der Waals surface area contributed by atoms with Crippen LogP contribution in [0, 0.1) is 18.6 Å². The zero-order valence-corrected chi connectivity index (χ0v) is 12.1. The van der Waals surface area contributed by atoms with Gasteiger partial charge in [0.2, 0.25) is 0 Å². The quantitative estimate of drug-likeness (QED) is 0.948. The molecule has 1 aliphatic rings. The predicted molar refractivity (Wildman–Crippen MR) is 77.9 cm³/mol. The first kappa shape index (κ1) is 14.6. The molecule has 22 heavy (non-hydrogen) atoms. The molecular formula is C16H16F2N2O2. The molecule has 1 aliphatic heterocycles. The summed E-state index contributed by atoms with van der Waals surface area (Å²) < 4.78 is 31.9. The highest BCUT2D eigenvalue weighted by Gasteiger charge is 2.27. The van der Waals surface area contributed by atoms with Gasteiger partial charge in [0.15, 0.2) is 5.76 Å². The van der Waals surface area contributed by atoms with Crippen LogP contribution < -0.4 is 10.2 Å². The molecule has 0 aliphatic carbocycles. The second-order valence-corrected chi connectivity index (χ2v) is 5.43. The SMILES string of the molecule is Cc1ccoc1C(=O)NC1CCN(c2ccc(F)cc2F)C1. The van der Waals surface area contributed by atoms with Gasteiger partial charge in [-0.1, -0.05) is 0 Å². The molecule has 1 saturated heterocycles. The van der Waals surface area contributed by atoms with Gasteiger partial charge in [0.25, 0.3) is 5.91 Å². The topological polar surface area (TPSA) is 45.5 Å². The van der Waals surface area contributed by atoms with E-state index in [0.717, 1.165) is 11.6 Å². The van der Waals surface area contributed by atoms with Crippen LogP contribution in [0.2, 0.25) is 0 Å². The molecule has 2 heterocycles. The smallest absolute Gasteiger partial charge is 0.287 e. The van der Waals surface area contributed by atoms with E-state index in [9.17, 15) is 13.6 Å². The molecule has 1 amide bonds. The van der Waals surface area contributed by atoms with Gasteiger partial charge in [0.1, 0.15) is 11.6 Å². The first-order chi connectivity index (χ1) is 10.5. The van der Waals surface area contributed by atoms with Crippen LogP contribution in [0.15, 0.2) is 34.9 Å². The van der Waals surface area contributed by atoms with Crippen molar-refractivity contribution in [2.24, 2.45) is 0 Å². The standard InChI is InChI=1S/C16H16F2N2O2/c1-10-5-7-22-15(10)16(21)19-12-4-6-20(9-12)14-3-2-11(17)8-13(14)18/h2-3,5,7-8,12H,4,6,9H2,1H3,(H,19,21). The van der Waals surface area contributed by atoms with E-state index < -0.39 is 11.6 Å². The highest BCUT2D eigenvalue weighted by atomic mass is 19.1. The van der Waals surface area contributed by atoms with E-state index in [2.05, 4.69) is 5.32 Å². The van der Waals surface area contributed by atoms with Crippen LogP contribution in [0.3, 0.4) is 0 Å². The molecule has 1 N–H and O–H groups in total. The first-order valence-electron chi connectivity index (χ1n) is 7.09. The summed E-state index contributed by atoms with van der Waals surface area (Å²) in [5, 5.41) is 2.88. The lowest BCUT2D eigenvalue weighted by molar-refractivity contribution is 0.0911. The fourth-order valence-electron chi connectivity index (χ4n) is 2.69. The second-order valence-electron chi connectivity index (χ2n) is 5.43. The Labute approximate surface area is 126 Å². The van der Waals surface area contributed by atoms with Crippen LogP contribution in [-0.2, 0) is 0 Å². The van der Waals surface area contributed by atoms with Crippen molar-refractivity contribution < 1.29 is 18.0 Å². The van der Waals surface area contributed by atoms with Crippen LogP contribution >= 0.6 is 0 Å². The van der Waals surface area contributed by atoms with Crippen molar-refractivity contribution in [3.8, 4) is 0 Å². The van der Waals surface area contributed by atoms with Gasteiger partial charge in [0, 0.05) is 30.8 Å². The molecule has 4 nitrogen and oxygen atoms in total. The van der Waals surface area contributed by atoms with Crippen LogP contribution in [0.4, 0.5) is 14.5 Å². The number of aryl methyl sites for hydroxylation is 1. The largest absolute Gasteiger partial charge is 0.459 e. The molecule has 0 bridgehead atoms. The van der Waals surface area contributed by atoms with E-state index in [4.69, 9.17) is 4.42 Å². The summed E-state index contributed by atoms with van der Waals surface area (Å²) in [6, 6.07) is 5.15. The average Bonchev–Trinajstić information content (AvgIpc) is 3.08. The Kier molecular flexibility index (Phi) is 3.83. The van der Waals surface area contributed by atoms with Gasteiger partial charge in [-0.2, -0.15) is 0 Å². The summed E-state index contributed by atoms with van der Waals surface area (Å²) in [6.45, 7) is 2.88. The lowest BCUT2D eigenvalue weighted by atomic mass is 10.2. The Morgan fingerprint density at radius 3 is 2.86 bits per heavy atom. The number of nitrogens with one attached hydrogen (secondary N) is 1. The van der Waals surface area contributed by atoms with Crippen LogP contribution in [0.25, 0.3) is 0 Å². The monoisotopic (exact) mass is 306 g/mol. The van der Waals surface area contributed by atoms with Crippen molar-refractivity contribution in [1.82, 2.24) is 5.32 Å². The Morgan fingerprint density at radius 2 is 2.18 bits per heavy atom. The molecule has 116 valence electrons. The minimum absolute atomic E-state index is 0.0959. The fraction of sp³-hybridized carbons (Fsp3) is 0.312. The number of furan rings is 1. The Hall–Kier alpha value is -2.37. The van der Waals surface area contributed by atoms with Gasteiger partial charge >= 0.3 is 0 Å². The summed E-state index contributed by atoms with van der Waals surface area (Å²) in [4.78, 5) is 13.9. The van der Waals surface area contributed by atoms with Crippen molar-refractivity contribution in [2.45, 2.75) is 19.4 Å². The number of carbonyl (C=O) groups is 1. The minimum atomic E-state index is -0.599. The van der Waals surface area contributed by atoms with Gasteiger partial charge < -0.3 is 14.6 Å². The molecule has 1 unspecified atom stereocenters. The molecule has 1 aromatic heterocycles. The fourth-order valence-corrected chi connectivity index (χ4v) is 2.69. The number of hydrogen-bond acceptors (Lipinski definition) is 3. The summed E-state index contributed by atoms with van der Waals surface area (Å²) in [7, 11) is 0. The maximum atomic E-state index is 13.8. The van der Waals surface area contributed by atoms with Crippen LogP contribution in [0.5, 0.6) is 0 Å².